The van der Waals surface area contributed by atoms with Gasteiger partial charge in [0.2, 0.25) is 12.1 Å². The zero-order valence-corrected chi connectivity index (χ0v) is 31.8. The number of nitrogens with one attached hydrogen (secondary N) is 2. The minimum absolute atomic E-state index is 0.0422. The maximum absolute atomic E-state index is 15.0. The van der Waals surface area contributed by atoms with E-state index in [-0.39, 0.29) is 45.1 Å². The zero-order chi connectivity index (χ0) is 39.0. The summed E-state index contributed by atoms with van der Waals surface area (Å²) in [5.74, 6) is -4.75. The lowest BCUT2D eigenvalue weighted by Gasteiger charge is -2.22. The third kappa shape index (κ3) is 17.9. The normalized spacial score (nSPS) is 20.0. The summed E-state index contributed by atoms with van der Waals surface area (Å²) in [7, 11) is -4.29. The molecule has 53 heavy (non-hydrogen) atoms. The first-order valence-electron chi connectivity index (χ1n) is 18.0. The van der Waals surface area contributed by atoms with Crippen LogP contribution in [0.1, 0.15) is 83.6 Å². The van der Waals surface area contributed by atoms with Crippen molar-refractivity contribution in [3.63, 3.8) is 0 Å². The number of carbonyl (C=O) groups excluding carboxylic acids is 2. The molecule has 13 nitrogen and oxygen atoms in total. The molecule has 1 amide bonds. The quantitative estimate of drug-likeness (QED) is 0.0427. The first-order chi connectivity index (χ1) is 25.4. The zero-order valence-electron chi connectivity index (χ0n) is 30.9. The van der Waals surface area contributed by atoms with Gasteiger partial charge in [-0.1, -0.05) is 67.7 Å². The lowest BCUT2D eigenvalue weighted by atomic mass is 10.1. The number of aliphatic hydroxyl groups excluding tert-OH is 1. The summed E-state index contributed by atoms with van der Waals surface area (Å²) in [6.45, 7) is 4.02. The molecule has 0 aromatic carbocycles. The Morgan fingerprint density at radius 3 is 2.21 bits per heavy atom. The van der Waals surface area contributed by atoms with E-state index < -0.39 is 50.4 Å². The van der Waals surface area contributed by atoms with Crippen LogP contribution in [0.2, 0.25) is 0 Å². The Labute approximate surface area is 310 Å². The van der Waals surface area contributed by atoms with Crippen LogP contribution in [0.3, 0.4) is 0 Å². The highest BCUT2D eigenvalue weighted by atomic mass is 31.2. The van der Waals surface area contributed by atoms with Crippen molar-refractivity contribution in [3.05, 3.63) is 89.2 Å². The number of esters is 1. The van der Waals surface area contributed by atoms with Gasteiger partial charge in [0.05, 0.1) is 26.2 Å². The number of hydrogen-bond donors (Lipinski definition) is 3. The van der Waals surface area contributed by atoms with Gasteiger partial charge in [0.25, 0.3) is 0 Å². The van der Waals surface area contributed by atoms with Crippen LogP contribution in [0.25, 0.3) is 0 Å². The number of ether oxygens (including phenoxy) is 2. The van der Waals surface area contributed by atoms with E-state index in [0.29, 0.717) is 16.7 Å². The molecule has 296 valence electrons. The first-order valence-corrected chi connectivity index (χ1v) is 19.6. The number of rotatable bonds is 26. The Hall–Kier alpha value is -3.59. The van der Waals surface area contributed by atoms with Crippen molar-refractivity contribution in [2.75, 3.05) is 32.9 Å². The van der Waals surface area contributed by atoms with Gasteiger partial charge in [-0.05, 0) is 64.9 Å². The summed E-state index contributed by atoms with van der Waals surface area (Å²) < 4.78 is 64.8. The maximum Gasteiger partial charge on any atom is 0.405 e. The monoisotopic (exact) mass is 768 g/mol. The Balaban J connectivity index is 1.76. The second kappa shape index (κ2) is 25.4. The van der Waals surface area contributed by atoms with Gasteiger partial charge in [-0.3, -0.25) is 23.2 Å². The van der Waals surface area contributed by atoms with Gasteiger partial charge in [0.1, 0.15) is 6.10 Å². The highest BCUT2D eigenvalue weighted by Crippen LogP contribution is 2.47. The van der Waals surface area contributed by atoms with Crippen molar-refractivity contribution < 1.29 is 46.6 Å². The van der Waals surface area contributed by atoms with E-state index in [1.807, 2.05) is 12.2 Å². The third-order valence-corrected chi connectivity index (χ3v) is 9.19. The van der Waals surface area contributed by atoms with Crippen molar-refractivity contribution in [3.8, 4) is 0 Å². The van der Waals surface area contributed by atoms with Gasteiger partial charge >= 0.3 is 25.3 Å². The number of hydrogen-bond acceptors (Lipinski definition) is 10. The number of carbonyl (C=O) groups is 2. The number of aliphatic hydroxyl groups is 1. The Kier molecular flexibility index (Phi) is 21.9. The molecule has 2 unspecified atom stereocenters. The lowest BCUT2D eigenvalue weighted by molar-refractivity contribution is -0.142. The maximum atomic E-state index is 15.0. The number of unbranched alkanes of at least 4 members (excludes halogenated alkanes) is 1. The van der Waals surface area contributed by atoms with Crippen molar-refractivity contribution in [1.29, 1.82) is 0 Å². The predicted molar refractivity (Wildman–Crippen MR) is 198 cm³/mol. The van der Waals surface area contributed by atoms with Gasteiger partial charge in [0, 0.05) is 31.4 Å². The molecule has 1 aromatic rings. The van der Waals surface area contributed by atoms with Crippen molar-refractivity contribution in [2.24, 2.45) is 0 Å². The molecule has 1 aliphatic heterocycles. The number of allylic oxidation sites excluding steroid dienone is 10. The number of halogens is 2. The Morgan fingerprint density at radius 1 is 0.981 bits per heavy atom. The van der Waals surface area contributed by atoms with E-state index in [9.17, 15) is 32.8 Å². The van der Waals surface area contributed by atoms with Gasteiger partial charge in [-0.2, -0.15) is 13.8 Å². The van der Waals surface area contributed by atoms with Crippen molar-refractivity contribution >= 4 is 19.6 Å². The molecular formula is C37H55F2N4O9P. The highest BCUT2D eigenvalue weighted by Gasteiger charge is 2.60. The lowest BCUT2D eigenvalue weighted by Crippen LogP contribution is -2.42. The number of aryl methyl sites for hydroxylation is 1. The number of amides is 1. The molecular weight excluding hydrogens is 713 g/mol. The number of aromatic nitrogens is 2. The van der Waals surface area contributed by atoms with Crippen LogP contribution in [-0.4, -0.2) is 77.6 Å². The van der Waals surface area contributed by atoms with Gasteiger partial charge in [-0.15, -0.1) is 0 Å². The molecule has 3 N–H and O–H groups in total. The molecule has 16 heteroatoms. The third-order valence-electron chi connectivity index (χ3n) is 7.57. The van der Waals surface area contributed by atoms with E-state index in [0.717, 1.165) is 44.7 Å². The largest absolute Gasteiger partial charge is 0.466 e. The van der Waals surface area contributed by atoms with Crippen LogP contribution < -0.4 is 16.1 Å². The SMILES string of the molecule is CC/C=C\C/C=C\C/C=C\C/C=C\C/C=C\CCCC(=O)NCCOP(=O)(NCCC(=O)OCC)OCC1O[C@@H](n2ccc(C)nc2=O)C(F)(F)[C@@H]1O. The van der Waals surface area contributed by atoms with Gasteiger partial charge < -0.3 is 19.9 Å². The fourth-order valence-corrected chi connectivity index (χ4v) is 6.12. The summed E-state index contributed by atoms with van der Waals surface area (Å²) in [5.41, 5.74) is -0.702. The molecule has 4 atom stereocenters. The fourth-order valence-electron chi connectivity index (χ4n) is 4.80. The van der Waals surface area contributed by atoms with E-state index in [2.05, 4.69) is 70.9 Å². The molecule has 2 rings (SSSR count). The molecule has 2 heterocycles. The Morgan fingerprint density at radius 2 is 1.60 bits per heavy atom. The van der Waals surface area contributed by atoms with Gasteiger partial charge in [-0.25, -0.2) is 14.4 Å². The Bertz CT molecular complexity index is 1510. The van der Waals surface area contributed by atoms with Crippen molar-refractivity contribution in [2.45, 2.75) is 103 Å². The summed E-state index contributed by atoms with van der Waals surface area (Å²) in [5, 5.41) is 15.4. The molecule has 1 aromatic heterocycles. The molecule has 1 aliphatic rings. The summed E-state index contributed by atoms with van der Waals surface area (Å²) >= 11 is 0. The number of nitrogens with zero attached hydrogens (tertiary/aromatic N) is 2. The van der Waals surface area contributed by atoms with Crippen LogP contribution in [0.4, 0.5) is 8.78 Å². The van der Waals surface area contributed by atoms with Crippen LogP contribution in [0, 0.1) is 6.92 Å². The smallest absolute Gasteiger partial charge is 0.405 e. The average Bonchev–Trinajstić information content (AvgIpc) is 3.34. The van der Waals surface area contributed by atoms with Crippen LogP contribution in [-0.2, 0) is 32.7 Å². The van der Waals surface area contributed by atoms with Crippen LogP contribution in [0.5, 0.6) is 0 Å². The molecule has 0 bridgehead atoms. The molecule has 0 spiro atoms. The molecule has 0 radical (unpaired) electrons. The van der Waals surface area contributed by atoms with Crippen LogP contribution >= 0.6 is 7.75 Å². The van der Waals surface area contributed by atoms with Gasteiger partial charge in [0.15, 0.2) is 6.10 Å². The molecule has 0 aliphatic carbocycles. The predicted octanol–water partition coefficient (Wildman–Crippen LogP) is 6.17. The topological polar surface area (TPSA) is 167 Å². The molecule has 0 saturated carbocycles. The summed E-state index contributed by atoms with van der Waals surface area (Å²) in [4.78, 5) is 39.9. The standard InChI is InChI=1S/C37H55F2N4O9P/c1-4-6-7-8-9-10-11-12-13-14-15-16-17-18-19-20-21-22-32(44)40-26-28-50-53(48,41-25-23-33(45)49-5-2)51-29-31-34(46)37(38,39)35(52-31)43-27-24-30(3)42-36(43)47/h6-7,9-10,12-13,15-16,18-19,24,27,31,34-35,46H,4-5,8,11,14,17,20-23,25-26,28-29H2,1-3H3,(H,40,44)(H,41,48)/b7-6-,10-9-,13-12-,16-15-,19-18-/t31?,34-,35-,53?/m1/s1. The van der Waals surface area contributed by atoms with E-state index in [4.69, 9.17) is 18.5 Å². The summed E-state index contributed by atoms with van der Waals surface area (Å²) in [6, 6.07) is 1.33. The van der Waals surface area contributed by atoms with E-state index >= 15 is 0 Å². The second-order valence-corrected chi connectivity index (χ2v) is 13.8. The van der Waals surface area contributed by atoms with E-state index in [1.165, 1.54) is 13.0 Å². The molecule has 1 fully saturated rings. The average molecular weight is 769 g/mol. The van der Waals surface area contributed by atoms with Crippen molar-refractivity contribution in [1.82, 2.24) is 20.0 Å². The molecule has 1 saturated heterocycles. The minimum Gasteiger partial charge on any atom is -0.466 e. The minimum atomic E-state index is -4.29. The highest BCUT2D eigenvalue weighted by molar-refractivity contribution is 7.51. The number of alkyl halides is 2. The second-order valence-electron chi connectivity index (χ2n) is 11.9. The fraction of sp³-hybridized carbons (Fsp3) is 0.568. The van der Waals surface area contributed by atoms with Crippen LogP contribution in [0.15, 0.2) is 77.8 Å². The summed E-state index contributed by atoms with van der Waals surface area (Å²) in [6.07, 6.45) is 21.9. The first kappa shape index (κ1) is 45.6. The van der Waals surface area contributed by atoms with E-state index in [1.54, 1.807) is 6.92 Å².